The average Bonchev–Trinajstić information content (AvgIpc) is 2.69. The maximum Gasteiger partial charge on any atom is 0.416 e. The van der Waals surface area contributed by atoms with Crippen molar-refractivity contribution in [1.29, 1.82) is 0 Å². The molecule has 3 N–H and O–H groups in total. The van der Waals surface area contributed by atoms with Crippen LogP contribution in [-0.4, -0.2) is 20.2 Å². The normalized spacial score (nSPS) is 11.8. The molecule has 0 spiro atoms. The summed E-state index contributed by atoms with van der Waals surface area (Å²) in [6.07, 6.45) is -3.77. The lowest BCUT2D eigenvalue weighted by molar-refractivity contribution is -0.137. The van der Waals surface area contributed by atoms with Crippen molar-refractivity contribution in [2.45, 2.75) is 37.8 Å². The summed E-state index contributed by atoms with van der Waals surface area (Å²) in [5.74, 6) is -0.821. The third-order valence-corrected chi connectivity index (χ3v) is 5.49. The van der Waals surface area contributed by atoms with Crippen molar-refractivity contribution >= 4 is 27.5 Å². The molecule has 0 saturated carbocycles. The lowest BCUT2D eigenvalue weighted by atomic mass is 10.1. The second-order valence-corrected chi connectivity index (χ2v) is 8.83. The van der Waals surface area contributed by atoms with E-state index in [0.717, 1.165) is 18.2 Å². The molecule has 31 heavy (non-hydrogen) atoms. The Morgan fingerprint density at radius 2 is 1.68 bits per heavy atom. The van der Waals surface area contributed by atoms with Crippen molar-refractivity contribution in [1.82, 2.24) is 10.9 Å². The lowest BCUT2D eigenvalue weighted by Crippen LogP contribution is -2.41. The van der Waals surface area contributed by atoms with Crippen LogP contribution in [0.3, 0.4) is 0 Å². The Hall–Kier alpha value is -3.08. The Morgan fingerprint density at radius 3 is 2.32 bits per heavy atom. The molecule has 0 saturated heterocycles. The van der Waals surface area contributed by atoms with Crippen LogP contribution in [0.5, 0.6) is 0 Å². The van der Waals surface area contributed by atoms with Crippen LogP contribution < -0.4 is 15.6 Å². The van der Waals surface area contributed by atoms with Gasteiger partial charge in [-0.3, -0.25) is 25.2 Å². The summed E-state index contributed by atoms with van der Waals surface area (Å²) in [5.41, 5.74) is 3.10. The second-order valence-electron chi connectivity index (χ2n) is 7.15. The van der Waals surface area contributed by atoms with Crippen LogP contribution in [0.15, 0.2) is 53.4 Å². The fourth-order valence-corrected chi connectivity index (χ4v) is 3.55. The third kappa shape index (κ3) is 7.28. The van der Waals surface area contributed by atoms with Gasteiger partial charge in [0.05, 0.1) is 10.5 Å². The highest BCUT2D eigenvalue weighted by Crippen LogP contribution is 2.31. The van der Waals surface area contributed by atoms with Gasteiger partial charge in [-0.25, -0.2) is 8.42 Å². The number of hydrazine groups is 1. The quantitative estimate of drug-likeness (QED) is 0.552. The number of alkyl halides is 3. The van der Waals surface area contributed by atoms with Gasteiger partial charge in [0, 0.05) is 17.7 Å². The number of amides is 2. The van der Waals surface area contributed by atoms with Crippen LogP contribution in [-0.2, 0) is 21.0 Å². The molecule has 0 atom stereocenters. The van der Waals surface area contributed by atoms with Crippen molar-refractivity contribution in [2.24, 2.45) is 5.92 Å². The Kier molecular flexibility index (Phi) is 7.66. The minimum Gasteiger partial charge on any atom is -0.280 e. The molecule has 2 aromatic carbocycles. The molecule has 0 aliphatic rings. The van der Waals surface area contributed by atoms with Gasteiger partial charge in [0.25, 0.3) is 15.9 Å². The van der Waals surface area contributed by atoms with Crippen LogP contribution >= 0.6 is 0 Å². The van der Waals surface area contributed by atoms with Gasteiger partial charge in [-0.15, -0.1) is 0 Å². The molecular weight excluding hydrogens is 435 g/mol. The number of hydrogen-bond donors (Lipinski definition) is 3. The fraction of sp³-hybridized carbons (Fsp3) is 0.300. The second kappa shape index (κ2) is 9.82. The number of carbonyl (C=O) groups excluding carboxylic acids is 2. The van der Waals surface area contributed by atoms with Gasteiger partial charge in [0.1, 0.15) is 0 Å². The summed E-state index contributed by atoms with van der Waals surface area (Å²) in [7, 11) is -4.27. The minimum absolute atomic E-state index is 0.0592. The highest BCUT2D eigenvalue weighted by molar-refractivity contribution is 7.92. The molecule has 0 aliphatic heterocycles. The average molecular weight is 457 g/mol. The molecule has 2 aromatic rings. The lowest BCUT2D eigenvalue weighted by Gasteiger charge is -2.12. The van der Waals surface area contributed by atoms with Crippen molar-refractivity contribution in [2.75, 3.05) is 4.72 Å². The van der Waals surface area contributed by atoms with Crippen molar-refractivity contribution in [3.05, 3.63) is 59.7 Å². The SMILES string of the molecule is CC(C)CCC(=O)NNC(=O)c1cccc(S(=O)(=O)Nc2cccc(C(F)(F)F)c2)c1. The molecule has 0 heterocycles. The maximum absolute atomic E-state index is 12.8. The zero-order valence-corrected chi connectivity index (χ0v) is 17.6. The maximum atomic E-state index is 12.8. The predicted molar refractivity (Wildman–Crippen MR) is 108 cm³/mol. The van der Waals surface area contributed by atoms with E-state index < -0.39 is 33.6 Å². The Balaban J connectivity index is 2.11. The van der Waals surface area contributed by atoms with Gasteiger partial charge in [-0.1, -0.05) is 26.0 Å². The number of hydrogen-bond acceptors (Lipinski definition) is 4. The van der Waals surface area contributed by atoms with Crippen LogP contribution in [0.2, 0.25) is 0 Å². The minimum atomic E-state index is -4.63. The van der Waals surface area contributed by atoms with Crippen LogP contribution in [0.25, 0.3) is 0 Å². The smallest absolute Gasteiger partial charge is 0.280 e. The molecule has 0 fully saturated rings. The van der Waals surface area contributed by atoms with E-state index in [0.29, 0.717) is 18.4 Å². The number of carbonyl (C=O) groups is 2. The van der Waals surface area contributed by atoms with Gasteiger partial charge in [-0.05, 0) is 48.7 Å². The molecule has 2 rings (SSSR count). The summed E-state index contributed by atoms with van der Waals surface area (Å²) < 4.78 is 65.7. The zero-order chi connectivity index (χ0) is 23.2. The number of sulfonamides is 1. The molecule has 0 radical (unpaired) electrons. The van der Waals surface area contributed by atoms with E-state index in [1.807, 2.05) is 13.8 Å². The third-order valence-electron chi connectivity index (χ3n) is 4.11. The number of anilines is 1. The molecule has 7 nitrogen and oxygen atoms in total. The number of rotatable bonds is 7. The highest BCUT2D eigenvalue weighted by Gasteiger charge is 2.30. The largest absolute Gasteiger partial charge is 0.416 e. The Labute approximate surface area is 178 Å². The molecule has 168 valence electrons. The molecule has 0 aliphatic carbocycles. The molecule has 2 amide bonds. The van der Waals surface area contributed by atoms with Gasteiger partial charge in [-0.2, -0.15) is 13.2 Å². The molecule has 0 bridgehead atoms. The van der Waals surface area contributed by atoms with Gasteiger partial charge in [0.15, 0.2) is 0 Å². The first-order valence-electron chi connectivity index (χ1n) is 9.28. The standard InChI is InChI=1S/C20H22F3N3O4S/c1-13(2)9-10-18(27)24-25-19(28)14-5-3-8-17(11-14)31(29,30)26-16-7-4-6-15(12-16)20(21,22)23/h3-8,11-13,26H,9-10H2,1-2H3,(H,24,27)(H,25,28). The molecule has 0 unspecified atom stereocenters. The highest BCUT2D eigenvalue weighted by atomic mass is 32.2. The van der Waals surface area contributed by atoms with E-state index >= 15 is 0 Å². The number of halogens is 3. The summed E-state index contributed by atoms with van der Waals surface area (Å²) in [5, 5.41) is 0. The summed E-state index contributed by atoms with van der Waals surface area (Å²) >= 11 is 0. The van der Waals surface area contributed by atoms with E-state index in [9.17, 15) is 31.2 Å². The van der Waals surface area contributed by atoms with E-state index in [-0.39, 0.29) is 22.6 Å². The van der Waals surface area contributed by atoms with E-state index in [1.165, 1.54) is 24.3 Å². The first-order valence-corrected chi connectivity index (χ1v) is 10.8. The summed E-state index contributed by atoms with van der Waals surface area (Å²) in [6, 6.07) is 8.61. The van der Waals surface area contributed by atoms with Crippen LogP contribution in [0.1, 0.15) is 42.6 Å². The fourth-order valence-electron chi connectivity index (χ4n) is 2.46. The van der Waals surface area contributed by atoms with E-state index in [1.54, 1.807) is 0 Å². The van der Waals surface area contributed by atoms with Crippen LogP contribution in [0, 0.1) is 5.92 Å². The molecule has 11 heteroatoms. The number of nitrogens with one attached hydrogen (secondary N) is 3. The predicted octanol–water partition coefficient (Wildman–Crippen LogP) is 3.70. The van der Waals surface area contributed by atoms with E-state index in [4.69, 9.17) is 0 Å². The molecular formula is C20H22F3N3O4S. The Bertz CT molecular complexity index is 1050. The Morgan fingerprint density at radius 1 is 1.00 bits per heavy atom. The van der Waals surface area contributed by atoms with Gasteiger partial charge < -0.3 is 0 Å². The van der Waals surface area contributed by atoms with Gasteiger partial charge in [0.2, 0.25) is 5.91 Å². The molecule has 0 aromatic heterocycles. The van der Waals surface area contributed by atoms with Crippen molar-refractivity contribution in [3.63, 3.8) is 0 Å². The topological polar surface area (TPSA) is 104 Å². The summed E-state index contributed by atoms with van der Waals surface area (Å²) in [6.45, 7) is 3.90. The van der Waals surface area contributed by atoms with Crippen molar-refractivity contribution < 1.29 is 31.2 Å². The van der Waals surface area contributed by atoms with Crippen LogP contribution in [0.4, 0.5) is 18.9 Å². The first-order chi connectivity index (χ1) is 14.4. The number of benzene rings is 2. The van der Waals surface area contributed by atoms with E-state index in [2.05, 4.69) is 15.6 Å². The monoisotopic (exact) mass is 457 g/mol. The first kappa shape index (κ1) is 24.2. The van der Waals surface area contributed by atoms with Gasteiger partial charge >= 0.3 is 6.18 Å². The summed E-state index contributed by atoms with van der Waals surface area (Å²) in [4.78, 5) is 23.6. The van der Waals surface area contributed by atoms with Crippen molar-refractivity contribution in [3.8, 4) is 0 Å². The zero-order valence-electron chi connectivity index (χ0n) is 16.8.